The van der Waals surface area contributed by atoms with Gasteiger partial charge in [0.2, 0.25) is 5.91 Å². The Balaban J connectivity index is 1.57. The third kappa shape index (κ3) is 3.89. The summed E-state index contributed by atoms with van der Waals surface area (Å²) in [4.78, 5) is 15.0. The van der Waals surface area contributed by atoms with Crippen LogP contribution in [0, 0.1) is 5.92 Å². The lowest BCUT2D eigenvalue weighted by atomic mass is 9.74. The molecule has 1 aromatic carbocycles. The van der Waals surface area contributed by atoms with Gasteiger partial charge in [0.15, 0.2) is 0 Å². The van der Waals surface area contributed by atoms with Crippen molar-refractivity contribution >= 4 is 27.5 Å². The molecule has 0 bridgehead atoms. The van der Waals surface area contributed by atoms with Crippen LogP contribution in [0.15, 0.2) is 28.7 Å². The normalized spacial score (nSPS) is 31.2. The van der Waals surface area contributed by atoms with Crippen molar-refractivity contribution in [1.82, 2.24) is 5.32 Å². The second-order valence-electron chi connectivity index (χ2n) is 7.22. The summed E-state index contributed by atoms with van der Waals surface area (Å²) >= 11 is 3.47. The monoisotopic (exact) mass is 379 g/mol. The van der Waals surface area contributed by atoms with Crippen LogP contribution in [0.4, 0.5) is 5.69 Å². The average molecular weight is 380 g/mol. The topological polar surface area (TPSA) is 58.4 Å². The summed E-state index contributed by atoms with van der Waals surface area (Å²) in [6.07, 6.45) is 5.11. The first kappa shape index (κ1) is 16.8. The van der Waals surface area contributed by atoms with Gasteiger partial charge in [-0.3, -0.25) is 4.79 Å². The highest BCUT2D eigenvalue weighted by Gasteiger charge is 2.38. The summed E-state index contributed by atoms with van der Waals surface area (Å²) in [6.45, 7) is 3.89. The summed E-state index contributed by atoms with van der Waals surface area (Å²) in [5.74, 6) is 0.107. The molecule has 1 heterocycles. The molecule has 0 aromatic heterocycles. The number of carbonyl (C=O) groups is 1. The molecule has 4 nitrogen and oxygen atoms in total. The van der Waals surface area contributed by atoms with Crippen LogP contribution in [0.1, 0.15) is 39.0 Å². The van der Waals surface area contributed by atoms with Gasteiger partial charge in [0.25, 0.3) is 0 Å². The molecule has 5 heteroatoms. The van der Waals surface area contributed by atoms with E-state index >= 15 is 0 Å². The molecule has 126 valence electrons. The fourth-order valence-electron chi connectivity index (χ4n) is 3.86. The number of anilines is 1. The van der Waals surface area contributed by atoms with Gasteiger partial charge < -0.3 is 16.0 Å². The second-order valence-corrected chi connectivity index (χ2v) is 8.14. The molecule has 1 aliphatic carbocycles. The van der Waals surface area contributed by atoms with Crippen LogP contribution in [-0.4, -0.2) is 30.6 Å². The SMILES string of the molecule is CC1(N)CCCCC1C(=O)NC1CCN(c2ccc(Br)cc2)C1. The van der Waals surface area contributed by atoms with E-state index < -0.39 is 0 Å². The van der Waals surface area contributed by atoms with Gasteiger partial charge in [-0.15, -0.1) is 0 Å². The minimum Gasteiger partial charge on any atom is -0.369 e. The van der Waals surface area contributed by atoms with Gasteiger partial charge in [-0.05, 0) is 50.5 Å². The van der Waals surface area contributed by atoms with Crippen LogP contribution in [0.25, 0.3) is 0 Å². The molecule has 1 aliphatic heterocycles. The summed E-state index contributed by atoms with van der Waals surface area (Å²) in [6, 6.07) is 8.58. The van der Waals surface area contributed by atoms with E-state index in [1.807, 2.05) is 6.92 Å². The Morgan fingerprint density at radius 1 is 1.30 bits per heavy atom. The van der Waals surface area contributed by atoms with Gasteiger partial charge in [-0.2, -0.15) is 0 Å². The number of nitrogens with zero attached hydrogens (tertiary/aromatic N) is 1. The van der Waals surface area contributed by atoms with E-state index in [1.165, 1.54) is 5.69 Å². The smallest absolute Gasteiger partial charge is 0.225 e. The molecule has 1 amide bonds. The van der Waals surface area contributed by atoms with E-state index in [4.69, 9.17) is 5.73 Å². The molecule has 1 aromatic rings. The summed E-state index contributed by atoms with van der Waals surface area (Å²) in [5.41, 5.74) is 7.21. The standard InChI is InChI=1S/C18H26BrN3O/c1-18(20)10-3-2-4-16(18)17(23)21-14-9-11-22(12-14)15-7-5-13(19)6-8-15/h5-8,14,16H,2-4,9-12,20H2,1H3,(H,21,23). The zero-order valence-corrected chi connectivity index (χ0v) is 15.3. The van der Waals surface area contributed by atoms with Crippen LogP contribution < -0.4 is 16.0 Å². The molecular weight excluding hydrogens is 354 g/mol. The molecule has 3 unspecified atom stereocenters. The summed E-state index contributed by atoms with van der Waals surface area (Å²) in [5, 5.41) is 3.25. The van der Waals surface area contributed by atoms with Crippen LogP contribution in [0.3, 0.4) is 0 Å². The Hall–Kier alpha value is -1.07. The van der Waals surface area contributed by atoms with E-state index in [-0.39, 0.29) is 23.4 Å². The molecule has 1 saturated heterocycles. The number of amides is 1. The molecule has 2 aliphatic rings. The van der Waals surface area contributed by atoms with Gasteiger partial charge in [0.1, 0.15) is 0 Å². The summed E-state index contributed by atoms with van der Waals surface area (Å²) < 4.78 is 1.09. The molecular formula is C18H26BrN3O. The fraction of sp³-hybridized carbons (Fsp3) is 0.611. The van der Waals surface area contributed by atoms with Crippen LogP contribution >= 0.6 is 15.9 Å². The number of hydrogen-bond acceptors (Lipinski definition) is 3. The Kier molecular flexibility index (Phi) is 4.97. The first-order valence-electron chi connectivity index (χ1n) is 8.55. The zero-order chi connectivity index (χ0) is 16.4. The number of nitrogens with two attached hydrogens (primary N) is 1. The van der Waals surface area contributed by atoms with Crippen molar-refractivity contribution in [1.29, 1.82) is 0 Å². The minimum atomic E-state index is -0.355. The highest BCUT2D eigenvalue weighted by molar-refractivity contribution is 9.10. The molecule has 3 N–H and O–H groups in total. The largest absolute Gasteiger partial charge is 0.369 e. The lowest BCUT2D eigenvalue weighted by molar-refractivity contribution is -0.128. The first-order valence-corrected chi connectivity index (χ1v) is 9.35. The molecule has 3 rings (SSSR count). The van der Waals surface area contributed by atoms with E-state index in [0.29, 0.717) is 0 Å². The maximum absolute atomic E-state index is 12.6. The van der Waals surface area contributed by atoms with Gasteiger partial charge in [-0.1, -0.05) is 28.8 Å². The van der Waals surface area contributed by atoms with Crippen molar-refractivity contribution in [3.8, 4) is 0 Å². The molecule has 23 heavy (non-hydrogen) atoms. The zero-order valence-electron chi connectivity index (χ0n) is 13.7. The van der Waals surface area contributed by atoms with Crippen molar-refractivity contribution in [2.75, 3.05) is 18.0 Å². The quantitative estimate of drug-likeness (QED) is 0.848. The molecule has 0 spiro atoms. The summed E-state index contributed by atoms with van der Waals surface area (Å²) in [7, 11) is 0. The van der Waals surface area contributed by atoms with Crippen LogP contribution in [-0.2, 0) is 4.79 Å². The van der Waals surface area contributed by atoms with Gasteiger partial charge in [-0.25, -0.2) is 0 Å². The molecule has 0 radical (unpaired) electrons. The predicted octanol–water partition coefficient (Wildman–Crippen LogP) is 3.05. The Bertz CT molecular complexity index is 558. The number of hydrogen-bond donors (Lipinski definition) is 2. The molecule has 1 saturated carbocycles. The Labute approximate surface area is 146 Å². The highest BCUT2D eigenvalue weighted by Crippen LogP contribution is 2.32. The number of benzene rings is 1. The van der Waals surface area contributed by atoms with Crippen LogP contribution in [0.5, 0.6) is 0 Å². The predicted molar refractivity (Wildman–Crippen MR) is 97.5 cm³/mol. The number of halogens is 1. The Morgan fingerprint density at radius 3 is 2.74 bits per heavy atom. The average Bonchev–Trinajstić information content (AvgIpc) is 2.95. The van der Waals surface area contributed by atoms with E-state index in [2.05, 4.69) is 50.4 Å². The first-order chi connectivity index (χ1) is 11.0. The maximum Gasteiger partial charge on any atom is 0.225 e. The fourth-order valence-corrected chi connectivity index (χ4v) is 4.12. The van der Waals surface area contributed by atoms with Crippen molar-refractivity contribution < 1.29 is 4.79 Å². The Morgan fingerprint density at radius 2 is 2.04 bits per heavy atom. The molecule has 3 atom stereocenters. The van der Waals surface area contributed by atoms with Crippen LogP contribution in [0.2, 0.25) is 0 Å². The van der Waals surface area contributed by atoms with Crippen molar-refractivity contribution in [2.45, 2.75) is 50.6 Å². The minimum absolute atomic E-state index is 0.0435. The van der Waals surface area contributed by atoms with E-state index in [9.17, 15) is 4.79 Å². The maximum atomic E-state index is 12.6. The highest BCUT2D eigenvalue weighted by atomic mass is 79.9. The van der Waals surface area contributed by atoms with Gasteiger partial charge >= 0.3 is 0 Å². The van der Waals surface area contributed by atoms with Gasteiger partial charge in [0, 0.05) is 34.8 Å². The second kappa shape index (κ2) is 6.81. The van der Waals surface area contributed by atoms with Crippen molar-refractivity contribution in [3.05, 3.63) is 28.7 Å². The number of rotatable bonds is 3. The number of nitrogens with one attached hydrogen (secondary N) is 1. The van der Waals surface area contributed by atoms with Gasteiger partial charge in [0.05, 0.1) is 5.92 Å². The van der Waals surface area contributed by atoms with Crippen molar-refractivity contribution in [3.63, 3.8) is 0 Å². The lowest BCUT2D eigenvalue weighted by Crippen LogP contribution is -2.54. The third-order valence-corrected chi connectivity index (χ3v) is 5.83. The number of carbonyl (C=O) groups excluding carboxylic acids is 1. The van der Waals surface area contributed by atoms with Crippen molar-refractivity contribution in [2.24, 2.45) is 11.7 Å². The third-order valence-electron chi connectivity index (χ3n) is 5.30. The van der Waals surface area contributed by atoms with E-state index in [1.54, 1.807) is 0 Å². The van der Waals surface area contributed by atoms with E-state index in [0.717, 1.165) is 49.7 Å². The lowest BCUT2D eigenvalue weighted by Gasteiger charge is -2.37. The molecule has 2 fully saturated rings.